The molecule has 0 radical (unpaired) electrons. The van der Waals surface area contributed by atoms with Crippen molar-refractivity contribution < 1.29 is 32.0 Å². The molecule has 1 saturated carbocycles. The van der Waals surface area contributed by atoms with Gasteiger partial charge in [-0.1, -0.05) is 62.0 Å². The Labute approximate surface area is 251 Å². The number of hydrogen-bond acceptors (Lipinski definition) is 5. The standard InChI is InChI=1S/C34H30F4N2O4/c1-20-25-18-23(12-13-24(25)29(41)44-40-20)39-30(42)33(43,15-14-21-8-10-22(11-9-21)31(2,3)4)19-32(16-17-32)26-6-5-7-27(28(26)35)34(36,37)38/h5-13,18,43H,16-17,19H2,1-4H3,(H,39,42). The summed E-state index contributed by atoms with van der Waals surface area (Å²) in [7, 11) is 0. The number of alkyl halides is 3. The molecule has 44 heavy (non-hydrogen) atoms. The van der Waals surface area contributed by atoms with Crippen LogP contribution in [-0.4, -0.2) is 21.8 Å². The monoisotopic (exact) mass is 606 g/mol. The van der Waals surface area contributed by atoms with Crippen LogP contribution < -0.4 is 10.9 Å². The van der Waals surface area contributed by atoms with Gasteiger partial charge in [0, 0.05) is 28.5 Å². The summed E-state index contributed by atoms with van der Waals surface area (Å²) >= 11 is 0. The number of nitrogens with one attached hydrogen (secondary N) is 1. The van der Waals surface area contributed by atoms with Crippen molar-refractivity contribution in [3.05, 3.63) is 105 Å². The lowest BCUT2D eigenvalue weighted by Gasteiger charge is -2.28. The van der Waals surface area contributed by atoms with Gasteiger partial charge in [-0.3, -0.25) is 4.79 Å². The Morgan fingerprint density at radius 2 is 1.73 bits per heavy atom. The van der Waals surface area contributed by atoms with Crippen molar-refractivity contribution in [2.45, 2.75) is 69.6 Å². The Bertz CT molecular complexity index is 1870. The van der Waals surface area contributed by atoms with Crippen LogP contribution >= 0.6 is 0 Å². The number of anilines is 1. The van der Waals surface area contributed by atoms with Crippen molar-refractivity contribution in [2.75, 3.05) is 5.32 Å². The Balaban J connectivity index is 1.54. The van der Waals surface area contributed by atoms with Gasteiger partial charge in [-0.25, -0.2) is 9.18 Å². The maximum Gasteiger partial charge on any atom is 0.419 e. The van der Waals surface area contributed by atoms with Crippen LogP contribution in [0.5, 0.6) is 0 Å². The molecule has 1 heterocycles. The highest BCUT2D eigenvalue weighted by Gasteiger charge is 2.54. The Morgan fingerprint density at radius 1 is 1.05 bits per heavy atom. The maximum atomic E-state index is 15.3. The summed E-state index contributed by atoms with van der Waals surface area (Å²) in [5.74, 6) is 3.10. The van der Waals surface area contributed by atoms with Gasteiger partial charge < -0.3 is 14.9 Å². The summed E-state index contributed by atoms with van der Waals surface area (Å²) in [4.78, 5) is 25.8. The van der Waals surface area contributed by atoms with E-state index in [2.05, 4.69) is 43.1 Å². The lowest BCUT2D eigenvalue weighted by molar-refractivity contribution is -0.140. The van der Waals surface area contributed by atoms with Crippen LogP contribution in [-0.2, 0) is 21.8 Å². The number of carbonyl (C=O) groups excluding carboxylic acids is 1. The number of benzene rings is 3. The molecule has 3 aromatic carbocycles. The minimum Gasteiger partial charge on any atom is -0.369 e. The molecule has 0 spiro atoms. The van der Waals surface area contributed by atoms with Crippen LogP contribution in [0.25, 0.3) is 10.8 Å². The Kier molecular flexibility index (Phi) is 7.67. The number of amides is 1. The molecule has 0 saturated heterocycles. The minimum atomic E-state index is -4.91. The third-order valence-corrected chi connectivity index (χ3v) is 8.02. The average molecular weight is 607 g/mol. The van der Waals surface area contributed by atoms with Crippen molar-refractivity contribution >= 4 is 22.4 Å². The highest BCUT2D eigenvalue weighted by Crippen LogP contribution is 2.55. The summed E-state index contributed by atoms with van der Waals surface area (Å²) in [6.45, 7) is 7.77. The Hall–Kier alpha value is -4.49. The zero-order chi connectivity index (χ0) is 32.1. The minimum absolute atomic E-state index is 0.116. The lowest BCUT2D eigenvalue weighted by atomic mass is 9.81. The van der Waals surface area contributed by atoms with E-state index in [-0.39, 0.29) is 34.9 Å². The zero-order valence-corrected chi connectivity index (χ0v) is 24.5. The first-order valence-electron chi connectivity index (χ1n) is 14.0. The van der Waals surface area contributed by atoms with E-state index in [0.29, 0.717) is 22.7 Å². The highest BCUT2D eigenvalue weighted by molar-refractivity contribution is 6.01. The number of hydrogen-bond donors (Lipinski definition) is 2. The van der Waals surface area contributed by atoms with Gasteiger partial charge in [-0.15, -0.1) is 0 Å². The summed E-state index contributed by atoms with van der Waals surface area (Å²) in [6, 6.07) is 14.6. The van der Waals surface area contributed by atoms with Gasteiger partial charge in [0.05, 0.1) is 16.6 Å². The number of rotatable bonds is 5. The van der Waals surface area contributed by atoms with Gasteiger partial charge in [0.15, 0.2) is 0 Å². The summed E-state index contributed by atoms with van der Waals surface area (Å²) in [5, 5.41) is 18.8. The molecule has 1 aliphatic rings. The highest BCUT2D eigenvalue weighted by atomic mass is 19.4. The molecular weight excluding hydrogens is 576 g/mol. The van der Waals surface area contributed by atoms with E-state index < -0.39 is 46.5 Å². The van der Waals surface area contributed by atoms with Crippen LogP contribution in [0.3, 0.4) is 0 Å². The molecular formula is C34H30F4N2O4. The van der Waals surface area contributed by atoms with Gasteiger partial charge in [-0.2, -0.15) is 13.2 Å². The number of halogens is 4. The second kappa shape index (κ2) is 10.9. The fraction of sp³-hybridized carbons (Fsp3) is 0.324. The van der Waals surface area contributed by atoms with Gasteiger partial charge in [-0.05, 0) is 72.7 Å². The average Bonchev–Trinajstić information content (AvgIpc) is 3.73. The third-order valence-electron chi connectivity index (χ3n) is 8.02. The smallest absolute Gasteiger partial charge is 0.369 e. The molecule has 10 heteroatoms. The quantitative estimate of drug-likeness (QED) is 0.193. The first-order chi connectivity index (χ1) is 20.5. The van der Waals surface area contributed by atoms with E-state index in [4.69, 9.17) is 4.52 Å². The van der Waals surface area contributed by atoms with Crippen LogP contribution in [0.4, 0.5) is 23.2 Å². The number of aliphatic hydroxyl groups is 1. The first kappa shape index (κ1) is 31.0. The largest absolute Gasteiger partial charge is 0.419 e. The Morgan fingerprint density at radius 3 is 2.34 bits per heavy atom. The maximum absolute atomic E-state index is 15.3. The van der Waals surface area contributed by atoms with Gasteiger partial charge in [0.25, 0.3) is 5.91 Å². The van der Waals surface area contributed by atoms with Crippen molar-refractivity contribution in [2.24, 2.45) is 0 Å². The molecule has 4 aromatic rings. The van der Waals surface area contributed by atoms with E-state index >= 15 is 4.39 Å². The van der Waals surface area contributed by atoms with Crippen molar-refractivity contribution in [1.29, 1.82) is 0 Å². The third kappa shape index (κ3) is 6.10. The van der Waals surface area contributed by atoms with Crippen molar-refractivity contribution in [1.82, 2.24) is 5.16 Å². The van der Waals surface area contributed by atoms with Crippen molar-refractivity contribution in [3.8, 4) is 11.8 Å². The number of aryl methyl sites for hydroxylation is 1. The van der Waals surface area contributed by atoms with Gasteiger partial charge in [0.2, 0.25) is 5.60 Å². The fourth-order valence-corrected chi connectivity index (χ4v) is 5.29. The van der Waals surface area contributed by atoms with E-state index in [9.17, 15) is 27.9 Å². The number of carbonyl (C=O) groups is 1. The number of fused-ring (bicyclic) bond motifs is 1. The van der Waals surface area contributed by atoms with E-state index in [1.54, 1.807) is 19.1 Å². The molecule has 6 nitrogen and oxygen atoms in total. The van der Waals surface area contributed by atoms with Crippen LogP contribution in [0, 0.1) is 24.6 Å². The molecule has 0 aliphatic heterocycles. The summed E-state index contributed by atoms with van der Waals surface area (Å²) < 4.78 is 60.5. The summed E-state index contributed by atoms with van der Waals surface area (Å²) in [5.41, 5.74) is -3.96. The molecule has 5 rings (SSSR count). The van der Waals surface area contributed by atoms with Crippen LogP contribution in [0.15, 0.2) is 70.0 Å². The van der Waals surface area contributed by atoms with Gasteiger partial charge >= 0.3 is 11.8 Å². The molecule has 1 aliphatic carbocycles. The molecule has 1 unspecified atom stereocenters. The molecule has 228 valence electrons. The van der Waals surface area contributed by atoms with Crippen molar-refractivity contribution in [3.63, 3.8) is 0 Å². The predicted octanol–water partition coefficient (Wildman–Crippen LogP) is 6.80. The molecule has 1 atom stereocenters. The molecule has 1 amide bonds. The second-order valence-electron chi connectivity index (χ2n) is 12.3. The second-order valence-corrected chi connectivity index (χ2v) is 12.3. The van der Waals surface area contributed by atoms with E-state index in [1.807, 2.05) is 12.1 Å². The first-order valence-corrected chi connectivity index (χ1v) is 14.0. The normalized spacial score (nSPS) is 15.7. The molecule has 1 aromatic heterocycles. The van der Waals surface area contributed by atoms with Crippen LogP contribution in [0.2, 0.25) is 0 Å². The zero-order valence-electron chi connectivity index (χ0n) is 24.5. The molecule has 2 N–H and O–H groups in total. The van der Waals surface area contributed by atoms with E-state index in [0.717, 1.165) is 11.6 Å². The molecule has 1 fully saturated rings. The predicted molar refractivity (Wildman–Crippen MR) is 158 cm³/mol. The van der Waals surface area contributed by atoms with Gasteiger partial charge in [0.1, 0.15) is 5.82 Å². The molecule has 0 bridgehead atoms. The van der Waals surface area contributed by atoms with E-state index in [1.165, 1.54) is 24.3 Å². The number of nitrogens with zero attached hydrogens (tertiary/aromatic N) is 1. The fourth-order valence-electron chi connectivity index (χ4n) is 5.29. The summed E-state index contributed by atoms with van der Waals surface area (Å²) in [6.07, 6.45) is -4.86. The SMILES string of the molecule is Cc1noc(=O)c2ccc(NC(=O)C(O)(C#Cc3ccc(C(C)(C)C)cc3)CC3(c4cccc(C(F)(F)F)c4F)CC3)cc12. The van der Waals surface area contributed by atoms with Crippen LogP contribution in [0.1, 0.15) is 68.0 Å². The number of aromatic nitrogens is 1. The topological polar surface area (TPSA) is 92.4 Å². The lowest BCUT2D eigenvalue weighted by Crippen LogP contribution is -2.44.